The van der Waals surface area contributed by atoms with E-state index in [2.05, 4.69) is 0 Å². The number of aliphatic hydroxyl groups excluding tert-OH is 1. The molecule has 0 amide bonds. The first-order valence-corrected chi connectivity index (χ1v) is 3.18. The maximum atomic E-state index is 12.8. The van der Waals surface area contributed by atoms with Gasteiger partial charge in [0.05, 0.1) is 6.07 Å². The number of benzene rings is 1. The van der Waals surface area contributed by atoms with Gasteiger partial charge in [0.2, 0.25) is 0 Å². The highest BCUT2D eigenvalue weighted by Gasteiger charge is 2.14. The molecule has 0 heterocycles. The summed E-state index contributed by atoms with van der Waals surface area (Å²) in [7, 11) is 0. The molecule has 0 aliphatic heterocycles. The van der Waals surface area contributed by atoms with E-state index in [1.54, 1.807) is 0 Å². The second-order valence-electron chi connectivity index (χ2n) is 2.17. The van der Waals surface area contributed by atoms with Gasteiger partial charge in [0.15, 0.2) is 17.7 Å². The van der Waals surface area contributed by atoms with Crippen molar-refractivity contribution < 1.29 is 13.9 Å². The van der Waals surface area contributed by atoms with Crippen LogP contribution in [0.5, 0.6) is 0 Å². The summed E-state index contributed by atoms with van der Waals surface area (Å²) >= 11 is 0. The third-order valence-electron chi connectivity index (χ3n) is 1.40. The Balaban J connectivity index is 3.18. The maximum Gasteiger partial charge on any atom is 0.168 e. The van der Waals surface area contributed by atoms with E-state index >= 15 is 0 Å². The van der Waals surface area contributed by atoms with Gasteiger partial charge in [-0.15, -0.1) is 0 Å². The van der Waals surface area contributed by atoms with Gasteiger partial charge in [0.25, 0.3) is 0 Å². The molecule has 0 fully saturated rings. The maximum absolute atomic E-state index is 12.8. The van der Waals surface area contributed by atoms with Crippen LogP contribution >= 0.6 is 0 Å². The Morgan fingerprint density at radius 2 is 2.08 bits per heavy atom. The molecule has 1 rings (SSSR count). The first-order chi connectivity index (χ1) is 5.66. The molecule has 4 heteroatoms. The summed E-state index contributed by atoms with van der Waals surface area (Å²) in [6, 6.07) is 4.71. The average Bonchev–Trinajstić information content (AvgIpc) is 2.08. The lowest BCUT2D eigenvalue weighted by molar-refractivity contribution is 0.228. The third kappa shape index (κ3) is 1.41. The zero-order valence-corrected chi connectivity index (χ0v) is 5.96. The fourth-order valence-electron chi connectivity index (χ4n) is 0.801. The van der Waals surface area contributed by atoms with Crippen molar-refractivity contribution >= 4 is 0 Å². The molecule has 0 bridgehead atoms. The average molecular weight is 169 g/mol. The van der Waals surface area contributed by atoms with Crippen molar-refractivity contribution in [3.63, 3.8) is 0 Å². The first kappa shape index (κ1) is 8.62. The number of aliphatic hydroxyl groups is 1. The minimum atomic E-state index is -1.61. The third-order valence-corrected chi connectivity index (χ3v) is 1.40. The molecular weight excluding hydrogens is 164 g/mol. The summed E-state index contributed by atoms with van der Waals surface area (Å²) in [5.41, 5.74) is -0.336. The van der Waals surface area contributed by atoms with E-state index in [0.717, 1.165) is 12.1 Å². The fraction of sp³-hybridized carbons (Fsp3) is 0.125. The smallest absolute Gasteiger partial charge is 0.168 e. The van der Waals surface area contributed by atoms with Crippen LogP contribution in [0.25, 0.3) is 0 Å². The molecule has 0 aromatic heterocycles. The Bertz CT molecular complexity index is 332. The highest BCUT2D eigenvalue weighted by molar-refractivity contribution is 5.24. The number of hydrogen-bond donors (Lipinski definition) is 1. The van der Waals surface area contributed by atoms with E-state index in [9.17, 15) is 8.78 Å². The molecule has 62 valence electrons. The van der Waals surface area contributed by atoms with Crippen LogP contribution < -0.4 is 0 Å². The topological polar surface area (TPSA) is 44.0 Å². The van der Waals surface area contributed by atoms with Gasteiger partial charge in [-0.1, -0.05) is 12.1 Å². The molecule has 1 aromatic carbocycles. The number of hydrogen-bond acceptors (Lipinski definition) is 2. The van der Waals surface area contributed by atoms with Crippen molar-refractivity contribution in [1.29, 1.82) is 5.26 Å². The molecule has 0 aliphatic rings. The Hall–Kier alpha value is -1.47. The van der Waals surface area contributed by atoms with Crippen molar-refractivity contribution in [3.05, 3.63) is 35.4 Å². The SMILES string of the molecule is N#C[C@@H](O)c1cccc(F)c1F. The monoisotopic (exact) mass is 169 g/mol. The summed E-state index contributed by atoms with van der Waals surface area (Å²) < 4.78 is 25.2. The zero-order valence-electron chi connectivity index (χ0n) is 5.96. The quantitative estimate of drug-likeness (QED) is 0.647. The second kappa shape index (κ2) is 3.28. The van der Waals surface area contributed by atoms with E-state index < -0.39 is 17.7 Å². The van der Waals surface area contributed by atoms with Gasteiger partial charge in [0.1, 0.15) is 0 Å². The van der Waals surface area contributed by atoms with Crippen molar-refractivity contribution in [2.45, 2.75) is 6.10 Å². The normalized spacial score (nSPS) is 12.2. The molecule has 0 saturated carbocycles. The Morgan fingerprint density at radius 3 is 2.67 bits per heavy atom. The van der Waals surface area contributed by atoms with E-state index in [1.807, 2.05) is 0 Å². The van der Waals surface area contributed by atoms with Crippen LogP contribution in [0.4, 0.5) is 8.78 Å². The van der Waals surface area contributed by atoms with Gasteiger partial charge in [0, 0.05) is 5.56 Å². The number of halogens is 2. The van der Waals surface area contributed by atoms with Crippen LogP contribution in [-0.4, -0.2) is 5.11 Å². The van der Waals surface area contributed by atoms with Crippen LogP contribution in [0.3, 0.4) is 0 Å². The van der Waals surface area contributed by atoms with E-state index in [0.29, 0.717) is 0 Å². The molecular formula is C8H5F2NO. The lowest BCUT2D eigenvalue weighted by atomic mass is 10.1. The predicted molar refractivity (Wildman–Crippen MR) is 36.9 cm³/mol. The number of rotatable bonds is 1. The van der Waals surface area contributed by atoms with Crippen molar-refractivity contribution in [2.24, 2.45) is 0 Å². The van der Waals surface area contributed by atoms with Crippen LogP contribution in [0, 0.1) is 23.0 Å². The number of nitriles is 1. The molecule has 0 spiro atoms. The molecule has 1 atom stereocenters. The predicted octanol–water partition coefficient (Wildman–Crippen LogP) is 1.52. The molecule has 0 saturated heterocycles. The van der Waals surface area contributed by atoms with Gasteiger partial charge in [-0.2, -0.15) is 5.26 Å². The Morgan fingerprint density at radius 1 is 1.42 bits per heavy atom. The summed E-state index contributed by atoms with van der Waals surface area (Å²) in [6.07, 6.45) is -1.61. The molecule has 0 unspecified atom stereocenters. The minimum Gasteiger partial charge on any atom is -0.374 e. The zero-order chi connectivity index (χ0) is 9.14. The van der Waals surface area contributed by atoms with Crippen LogP contribution in [-0.2, 0) is 0 Å². The van der Waals surface area contributed by atoms with Gasteiger partial charge >= 0.3 is 0 Å². The van der Waals surface area contributed by atoms with Crippen LogP contribution in [0.1, 0.15) is 11.7 Å². The minimum absolute atomic E-state index is 0.336. The van der Waals surface area contributed by atoms with E-state index in [4.69, 9.17) is 10.4 Å². The highest BCUT2D eigenvalue weighted by Crippen LogP contribution is 2.17. The second-order valence-corrected chi connectivity index (χ2v) is 2.17. The Kier molecular flexibility index (Phi) is 2.36. The van der Waals surface area contributed by atoms with Gasteiger partial charge in [-0.05, 0) is 6.07 Å². The standard InChI is InChI=1S/C8H5F2NO/c9-6-3-1-2-5(8(6)10)7(12)4-11/h1-3,7,12H/t7-/m1/s1. The van der Waals surface area contributed by atoms with Gasteiger partial charge in [-0.25, -0.2) is 8.78 Å². The fourth-order valence-corrected chi connectivity index (χ4v) is 0.801. The van der Waals surface area contributed by atoms with Crippen molar-refractivity contribution in [3.8, 4) is 6.07 Å². The highest BCUT2D eigenvalue weighted by atomic mass is 19.2. The van der Waals surface area contributed by atoms with Crippen molar-refractivity contribution in [2.75, 3.05) is 0 Å². The summed E-state index contributed by atoms with van der Waals surface area (Å²) in [5, 5.41) is 17.1. The molecule has 0 radical (unpaired) electrons. The van der Waals surface area contributed by atoms with Gasteiger partial charge in [-0.3, -0.25) is 0 Å². The van der Waals surface area contributed by atoms with Crippen molar-refractivity contribution in [1.82, 2.24) is 0 Å². The first-order valence-electron chi connectivity index (χ1n) is 3.18. The molecule has 12 heavy (non-hydrogen) atoms. The lowest BCUT2D eigenvalue weighted by Crippen LogP contribution is -1.99. The molecule has 1 N–H and O–H groups in total. The summed E-state index contributed by atoms with van der Waals surface area (Å²) in [6.45, 7) is 0. The van der Waals surface area contributed by atoms with E-state index in [-0.39, 0.29) is 5.56 Å². The van der Waals surface area contributed by atoms with Gasteiger partial charge < -0.3 is 5.11 Å². The molecule has 0 aliphatic carbocycles. The molecule has 2 nitrogen and oxygen atoms in total. The van der Waals surface area contributed by atoms with E-state index in [1.165, 1.54) is 12.1 Å². The largest absolute Gasteiger partial charge is 0.374 e. The lowest BCUT2D eigenvalue weighted by Gasteiger charge is -2.03. The summed E-state index contributed by atoms with van der Waals surface area (Å²) in [4.78, 5) is 0. The molecule has 1 aromatic rings. The summed E-state index contributed by atoms with van der Waals surface area (Å²) in [5.74, 6) is -2.24. The Labute approximate surface area is 67.7 Å². The van der Waals surface area contributed by atoms with Crippen LogP contribution in [0.15, 0.2) is 18.2 Å². The number of nitrogens with zero attached hydrogens (tertiary/aromatic N) is 1. The van der Waals surface area contributed by atoms with Crippen LogP contribution in [0.2, 0.25) is 0 Å².